The summed E-state index contributed by atoms with van der Waals surface area (Å²) >= 11 is 6.58. The normalized spacial score (nSPS) is 28.5. The maximum Gasteiger partial charge on any atom is 0.127 e. The third kappa shape index (κ3) is 4.90. The maximum atomic E-state index is 10.7. The van der Waals surface area contributed by atoms with E-state index in [1.165, 1.54) is 5.56 Å². The van der Waals surface area contributed by atoms with E-state index in [0.29, 0.717) is 22.8 Å². The summed E-state index contributed by atoms with van der Waals surface area (Å²) in [6, 6.07) is 11.9. The summed E-state index contributed by atoms with van der Waals surface area (Å²) in [5, 5.41) is 41.2. The molecule has 168 valence electrons. The lowest BCUT2D eigenvalue weighted by Gasteiger charge is -2.40. The molecule has 4 N–H and O–H groups in total. The first-order valence-corrected chi connectivity index (χ1v) is 11.2. The van der Waals surface area contributed by atoms with Gasteiger partial charge in [0.05, 0.1) is 12.7 Å². The van der Waals surface area contributed by atoms with Crippen LogP contribution in [0, 0.1) is 0 Å². The monoisotopic (exact) mass is 448 g/mol. The molecule has 2 aromatic rings. The first kappa shape index (κ1) is 22.5. The van der Waals surface area contributed by atoms with Crippen molar-refractivity contribution < 1.29 is 29.9 Å². The van der Waals surface area contributed by atoms with Crippen molar-refractivity contribution in [3.05, 3.63) is 63.7 Å². The second-order valence-electron chi connectivity index (χ2n) is 8.39. The van der Waals surface area contributed by atoms with E-state index in [4.69, 9.17) is 21.1 Å². The number of aliphatic hydroxyl groups is 4. The van der Waals surface area contributed by atoms with Crippen molar-refractivity contribution in [3.8, 4) is 5.75 Å². The van der Waals surface area contributed by atoms with Crippen LogP contribution >= 0.6 is 11.6 Å². The third-order valence-corrected chi connectivity index (χ3v) is 6.37. The molecule has 0 unspecified atom stereocenters. The fourth-order valence-corrected chi connectivity index (χ4v) is 4.14. The summed E-state index contributed by atoms with van der Waals surface area (Å²) in [5.74, 6) is 0.488. The van der Waals surface area contributed by atoms with Crippen molar-refractivity contribution in [3.63, 3.8) is 0 Å². The molecule has 4 rings (SSSR count). The van der Waals surface area contributed by atoms with Crippen molar-refractivity contribution in [1.82, 2.24) is 0 Å². The van der Waals surface area contributed by atoms with Gasteiger partial charge in [-0.15, -0.1) is 0 Å². The van der Waals surface area contributed by atoms with Crippen LogP contribution in [-0.4, -0.2) is 57.6 Å². The molecule has 1 saturated carbocycles. The Bertz CT molecular complexity index is 896. The molecule has 0 amide bonds. The molecule has 2 aliphatic rings. The lowest BCUT2D eigenvalue weighted by molar-refractivity contribution is -0.232. The van der Waals surface area contributed by atoms with E-state index < -0.39 is 37.1 Å². The Morgan fingerprint density at radius 1 is 1.00 bits per heavy atom. The Balaban J connectivity index is 1.69. The summed E-state index contributed by atoms with van der Waals surface area (Å²) in [4.78, 5) is 0. The van der Waals surface area contributed by atoms with Gasteiger partial charge in [-0.05, 0) is 54.5 Å². The first-order valence-electron chi connectivity index (χ1n) is 10.8. The number of benzene rings is 2. The average Bonchev–Trinajstić information content (AvgIpc) is 3.59. The van der Waals surface area contributed by atoms with E-state index in [1.807, 2.05) is 6.07 Å². The van der Waals surface area contributed by atoms with Crippen LogP contribution in [0.2, 0.25) is 5.02 Å². The van der Waals surface area contributed by atoms with Gasteiger partial charge in [0, 0.05) is 10.6 Å². The first-order chi connectivity index (χ1) is 14.9. The van der Waals surface area contributed by atoms with Crippen LogP contribution in [0.25, 0.3) is 0 Å². The summed E-state index contributed by atoms with van der Waals surface area (Å²) in [6.07, 6.45) is -2.68. The van der Waals surface area contributed by atoms with Gasteiger partial charge in [0.15, 0.2) is 0 Å². The van der Waals surface area contributed by atoms with E-state index in [1.54, 1.807) is 6.07 Å². The number of hydrogen-bond donors (Lipinski definition) is 4. The zero-order chi connectivity index (χ0) is 22.1. The van der Waals surface area contributed by atoms with Crippen LogP contribution < -0.4 is 4.74 Å². The molecule has 0 radical (unpaired) electrons. The fourth-order valence-electron chi connectivity index (χ4n) is 3.92. The van der Waals surface area contributed by atoms with Crippen LogP contribution in [0.5, 0.6) is 5.75 Å². The second kappa shape index (κ2) is 9.45. The van der Waals surface area contributed by atoms with Crippen LogP contribution in [0.4, 0.5) is 0 Å². The molecular formula is C24H29ClO6. The van der Waals surface area contributed by atoms with Crippen molar-refractivity contribution in [1.29, 1.82) is 0 Å². The second-order valence-corrected chi connectivity index (χ2v) is 8.80. The number of aliphatic hydroxyl groups excluding tert-OH is 4. The molecule has 2 aromatic carbocycles. The van der Waals surface area contributed by atoms with Crippen molar-refractivity contribution in [2.45, 2.75) is 69.2 Å². The number of halogens is 1. The zero-order valence-corrected chi connectivity index (χ0v) is 18.2. The topological polar surface area (TPSA) is 99.4 Å². The van der Waals surface area contributed by atoms with E-state index in [2.05, 4.69) is 31.2 Å². The molecule has 1 heterocycles. The highest BCUT2D eigenvalue weighted by Crippen LogP contribution is 2.41. The van der Waals surface area contributed by atoms with Crippen LogP contribution in [-0.2, 0) is 17.6 Å². The Hall–Kier alpha value is -1.67. The lowest BCUT2D eigenvalue weighted by atomic mass is 9.89. The summed E-state index contributed by atoms with van der Waals surface area (Å²) in [5.41, 5.74) is 3.73. The van der Waals surface area contributed by atoms with Crippen LogP contribution in [0.3, 0.4) is 0 Å². The highest BCUT2D eigenvalue weighted by Gasteiger charge is 2.45. The smallest absolute Gasteiger partial charge is 0.127 e. The van der Waals surface area contributed by atoms with E-state index in [-0.39, 0.29) is 6.10 Å². The van der Waals surface area contributed by atoms with Gasteiger partial charge in [-0.2, -0.15) is 0 Å². The maximum absolute atomic E-state index is 10.7. The summed E-state index contributed by atoms with van der Waals surface area (Å²) < 4.78 is 11.8. The Kier molecular flexibility index (Phi) is 6.86. The van der Waals surface area contributed by atoms with Crippen molar-refractivity contribution in [2.24, 2.45) is 0 Å². The van der Waals surface area contributed by atoms with Gasteiger partial charge in [0.2, 0.25) is 0 Å². The van der Waals surface area contributed by atoms with Crippen molar-refractivity contribution in [2.75, 3.05) is 6.61 Å². The van der Waals surface area contributed by atoms with Gasteiger partial charge in [0.25, 0.3) is 0 Å². The number of hydrogen-bond acceptors (Lipinski definition) is 6. The Labute approximate surface area is 187 Å². The Morgan fingerprint density at radius 3 is 2.29 bits per heavy atom. The molecule has 1 aliphatic heterocycles. The molecule has 7 heteroatoms. The summed E-state index contributed by atoms with van der Waals surface area (Å²) in [6.45, 7) is 1.63. The van der Waals surface area contributed by atoms with Crippen LogP contribution in [0.1, 0.15) is 48.1 Å². The zero-order valence-electron chi connectivity index (χ0n) is 17.4. The van der Waals surface area contributed by atoms with Gasteiger partial charge in [-0.1, -0.05) is 42.8 Å². The van der Waals surface area contributed by atoms with Gasteiger partial charge in [-0.3, -0.25) is 0 Å². The minimum atomic E-state index is -1.45. The predicted molar refractivity (Wildman–Crippen MR) is 116 cm³/mol. The molecule has 6 nitrogen and oxygen atoms in total. The quantitative estimate of drug-likeness (QED) is 0.519. The molecule has 0 spiro atoms. The molecule has 31 heavy (non-hydrogen) atoms. The molecule has 0 bridgehead atoms. The third-order valence-electron chi connectivity index (χ3n) is 6.02. The minimum absolute atomic E-state index is 0.0899. The Morgan fingerprint density at radius 2 is 1.68 bits per heavy atom. The van der Waals surface area contributed by atoms with Gasteiger partial charge in [-0.25, -0.2) is 0 Å². The highest BCUT2D eigenvalue weighted by atomic mass is 35.5. The molecule has 2 fully saturated rings. The largest absolute Gasteiger partial charge is 0.490 e. The molecule has 1 saturated heterocycles. The number of aryl methyl sites for hydroxylation is 1. The number of rotatable bonds is 7. The van der Waals surface area contributed by atoms with E-state index in [0.717, 1.165) is 30.4 Å². The summed E-state index contributed by atoms with van der Waals surface area (Å²) in [7, 11) is 0. The molecular weight excluding hydrogens is 420 g/mol. The lowest BCUT2D eigenvalue weighted by Crippen LogP contribution is -2.55. The van der Waals surface area contributed by atoms with Gasteiger partial charge < -0.3 is 29.9 Å². The predicted octanol–water partition coefficient (Wildman–Crippen LogP) is 2.55. The highest BCUT2D eigenvalue weighted by molar-refractivity contribution is 6.31. The van der Waals surface area contributed by atoms with Gasteiger partial charge in [0.1, 0.15) is 36.3 Å². The standard InChI is InChI=1S/C24H29ClO6/c1-2-13-3-5-14(6-4-13)9-15-10-17(19(11-18(15)25)30-16-7-8-16)24-23(29)22(28)21(27)20(12-26)31-24/h3-6,10-11,16,20-24,26-29H,2,7-9,12H2,1H3/t20-,21-,22+,23-,24+/m1/s1. The van der Waals surface area contributed by atoms with E-state index in [9.17, 15) is 20.4 Å². The molecule has 0 aromatic heterocycles. The number of ether oxygens (including phenoxy) is 2. The van der Waals surface area contributed by atoms with Crippen molar-refractivity contribution >= 4 is 11.6 Å². The molecule has 5 atom stereocenters. The molecule has 1 aliphatic carbocycles. The van der Waals surface area contributed by atoms with Crippen LogP contribution in [0.15, 0.2) is 36.4 Å². The SMILES string of the molecule is CCc1ccc(Cc2cc([C@@H]3O[C@H](CO)[C@@H](O)[C@H](O)[C@H]3O)c(OC3CC3)cc2Cl)cc1. The van der Waals surface area contributed by atoms with E-state index >= 15 is 0 Å². The minimum Gasteiger partial charge on any atom is -0.490 e. The van der Waals surface area contributed by atoms with Gasteiger partial charge >= 0.3 is 0 Å². The fraction of sp³-hybridized carbons (Fsp3) is 0.500. The average molecular weight is 449 g/mol.